The average molecular weight is 404 g/mol. The fraction of sp³-hybridized carbons (Fsp3) is 0.429. The van der Waals surface area contributed by atoms with Gasteiger partial charge in [-0.05, 0) is 20.3 Å². The molecule has 1 aromatic rings. The molecule has 0 radical (unpaired) electrons. The SMILES string of the molecule is CC(C)=CCC1=C(O[C@H]2O[C@H](CO)[C@@H](O)[C@H](O)[C@H]2O)C(=O)c2ccccc2C1=O. The van der Waals surface area contributed by atoms with E-state index in [-0.39, 0.29) is 34.7 Å². The Kier molecular flexibility index (Phi) is 6.30. The number of allylic oxidation sites excluding steroid dienone is 4. The maximum atomic E-state index is 13.0. The molecule has 1 fully saturated rings. The van der Waals surface area contributed by atoms with Gasteiger partial charge in [0.1, 0.15) is 24.4 Å². The Morgan fingerprint density at radius 3 is 2.24 bits per heavy atom. The van der Waals surface area contributed by atoms with Crippen LogP contribution < -0.4 is 0 Å². The lowest BCUT2D eigenvalue weighted by Crippen LogP contribution is -2.59. The minimum Gasteiger partial charge on any atom is -0.457 e. The first-order valence-electron chi connectivity index (χ1n) is 9.28. The number of carbonyl (C=O) groups is 2. The fourth-order valence-corrected chi connectivity index (χ4v) is 3.30. The summed E-state index contributed by atoms with van der Waals surface area (Å²) in [4.78, 5) is 26.0. The first kappa shape index (κ1) is 21.4. The molecule has 1 saturated heterocycles. The van der Waals surface area contributed by atoms with Crippen molar-refractivity contribution in [2.24, 2.45) is 0 Å². The van der Waals surface area contributed by atoms with Crippen molar-refractivity contribution in [2.45, 2.75) is 51.0 Å². The van der Waals surface area contributed by atoms with Crippen LogP contribution in [0.3, 0.4) is 0 Å². The molecule has 1 aliphatic heterocycles. The van der Waals surface area contributed by atoms with Crippen LogP contribution in [0.15, 0.2) is 47.2 Å². The summed E-state index contributed by atoms with van der Waals surface area (Å²) in [5.74, 6) is -1.21. The number of benzene rings is 1. The van der Waals surface area contributed by atoms with Crippen LogP contribution in [0.1, 0.15) is 41.0 Å². The molecule has 5 atom stereocenters. The summed E-state index contributed by atoms with van der Waals surface area (Å²) in [5.41, 5.74) is 1.46. The van der Waals surface area contributed by atoms with Crippen LogP contribution in [0.25, 0.3) is 0 Å². The van der Waals surface area contributed by atoms with Crippen LogP contribution in [-0.2, 0) is 9.47 Å². The molecule has 8 nitrogen and oxygen atoms in total. The highest BCUT2D eigenvalue weighted by Gasteiger charge is 2.46. The molecule has 0 bridgehead atoms. The van der Waals surface area contributed by atoms with Gasteiger partial charge in [0.2, 0.25) is 12.1 Å². The van der Waals surface area contributed by atoms with Crippen molar-refractivity contribution < 1.29 is 39.5 Å². The molecule has 1 aliphatic carbocycles. The van der Waals surface area contributed by atoms with Crippen molar-refractivity contribution in [1.29, 1.82) is 0 Å². The maximum absolute atomic E-state index is 13.0. The van der Waals surface area contributed by atoms with E-state index in [9.17, 15) is 30.0 Å². The summed E-state index contributed by atoms with van der Waals surface area (Å²) in [7, 11) is 0. The lowest BCUT2D eigenvalue weighted by molar-refractivity contribution is -0.290. The van der Waals surface area contributed by atoms with Gasteiger partial charge in [-0.3, -0.25) is 9.59 Å². The third-order valence-electron chi connectivity index (χ3n) is 4.97. The predicted molar refractivity (Wildman–Crippen MR) is 101 cm³/mol. The van der Waals surface area contributed by atoms with Crippen molar-refractivity contribution in [2.75, 3.05) is 6.61 Å². The number of hydrogen-bond donors (Lipinski definition) is 4. The monoisotopic (exact) mass is 404 g/mol. The Labute approximate surface area is 167 Å². The van der Waals surface area contributed by atoms with E-state index in [0.29, 0.717) is 0 Å². The standard InChI is InChI=1S/C21H24O8/c1-10(2)7-8-13-15(23)11-5-3-4-6-12(11)16(24)20(13)29-21-19(27)18(26)17(25)14(9-22)28-21/h3-7,14,17-19,21-22,25-27H,8-9H2,1-2H3/t14-,17-,18+,19-,21-/m1/s1. The van der Waals surface area contributed by atoms with Crippen LogP contribution in [0.5, 0.6) is 0 Å². The molecule has 156 valence electrons. The Morgan fingerprint density at radius 2 is 1.66 bits per heavy atom. The summed E-state index contributed by atoms with van der Waals surface area (Å²) < 4.78 is 10.9. The summed E-state index contributed by atoms with van der Waals surface area (Å²) in [6.45, 7) is 3.06. The number of hydrogen-bond acceptors (Lipinski definition) is 8. The highest BCUT2D eigenvalue weighted by atomic mass is 16.7. The number of Topliss-reactive ketones (excluding diaryl/α,β-unsaturated/α-hetero) is 2. The summed E-state index contributed by atoms with van der Waals surface area (Å²) >= 11 is 0. The molecule has 0 spiro atoms. The van der Waals surface area contributed by atoms with Gasteiger partial charge in [0.05, 0.1) is 12.2 Å². The van der Waals surface area contributed by atoms with Gasteiger partial charge in [-0.25, -0.2) is 0 Å². The molecule has 3 rings (SSSR count). The van der Waals surface area contributed by atoms with Gasteiger partial charge in [-0.15, -0.1) is 0 Å². The van der Waals surface area contributed by atoms with Crippen LogP contribution in [0, 0.1) is 0 Å². The molecule has 0 unspecified atom stereocenters. The largest absolute Gasteiger partial charge is 0.457 e. The van der Waals surface area contributed by atoms with E-state index in [0.717, 1.165) is 5.57 Å². The quantitative estimate of drug-likeness (QED) is 0.521. The Bertz CT molecular complexity index is 865. The van der Waals surface area contributed by atoms with Crippen LogP contribution in [0.4, 0.5) is 0 Å². The zero-order valence-electron chi connectivity index (χ0n) is 16.1. The van der Waals surface area contributed by atoms with Gasteiger partial charge >= 0.3 is 0 Å². The number of aliphatic hydroxyl groups excluding tert-OH is 4. The zero-order chi connectivity index (χ0) is 21.3. The zero-order valence-corrected chi connectivity index (χ0v) is 16.1. The van der Waals surface area contributed by atoms with Gasteiger partial charge < -0.3 is 29.9 Å². The Morgan fingerprint density at radius 1 is 1.03 bits per heavy atom. The fourth-order valence-electron chi connectivity index (χ4n) is 3.30. The molecule has 29 heavy (non-hydrogen) atoms. The molecular formula is C21H24O8. The van der Waals surface area contributed by atoms with Crippen LogP contribution >= 0.6 is 0 Å². The topological polar surface area (TPSA) is 134 Å². The highest BCUT2D eigenvalue weighted by Crippen LogP contribution is 2.32. The molecule has 0 amide bonds. The van der Waals surface area contributed by atoms with E-state index in [1.807, 2.05) is 13.8 Å². The molecular weight excluding hydrogens is 380 g/mol. The predicted octanol–water partition coefficient (Wildman–Crippen LogP) is 0.492. The molecule has 4 N–H and O–H groups in total. The Balaban J connectivity index is 2.00. The minimum atomic E-state index is -1.69. The third kappa shape index (κ3) is 4.03. The summed E-state index contributed by atoms with van der Waals surface area (Å²) in [6, 6.07) is 6.34. The first-order valence-corrected chi connectivity index (χ1v) is 9.28. The number of carbonyl (C=O) groups excluding carboxylic acids is 2. The van der Waals surface area contributed by atoms with E-state index >= 15 is 0 Å². The van der Waals surface area contributed by atoms with Gasteiger partial charge in [0.15, 0.2) is 11.5 Å². The molecule has 8 heteroatoms. The molecule has 1 aromatic carbocycles. The second kappa shape index (κ2) is 8.56. The smallest absolute Gasteiger partial charge is 0.229 e. The molecule has 1 heterocycles. The molecule has 0 saturated carbocycles. The summed E-state index contributed by atoms with van der Waals surface area (Å²) in [6.07, 6.45) is -5.75. The van der Waals surface area contributed by atoms with Crippen molar-refractivity contribution in [3.8, 4) is 0 Å². The number of fused-ring (bicyclic) bond motifs is 1. The molecule has 2 aliphatic rings. The van der Waals surface area contributed by atoms with E-state index in [1.165, 1.54) is 6.07 Å². The van der Waals surface area contributed by atoms with E-state index in [2.05, 4.69) is 0 Å². The van der Waals surface area contributed by atoms with Crippen molar-refractivity contribution in [3.05, 3.63) is 58.4 Å². The van der Waals surface area contributed by atoms with Crippen molar-refractivity contribution in [1.82, 2.24) is 0 Å². The third-order valence-corrected chi connectivity index (χ3v) is 4.97. The number of rotatable bonds is 5. The van der Waals surface area contributed by atoms with E-state index in [1.54, 1.807) is 24.3 Å². The van der Waals surface area contributed by atoms with Crippen molar-refractivity contribution in [3.63, 3.8) is 0 Å². The molecule has 0 aromatic heterocycles. The normalized spacial score (nSPS) is 29.5. The van der Waals surface area contributed by atoms with Crippen molar-refractivity contribution >= 4 is 11.6 Å². The van der Waals surface area contributed by atoms with Crippen LogP contribution in [0.2, 0.25) is 0 Å². The maximum Gasteiger partial charge on any atom is 0.229 e. The van der Waals surface area contributed by atoms with Gasteiger partial charge in [0.25, 0.3) is 0 Å². The van der Waals surface area contributed by atoms with Gasteiger partial charge in [0, 0.05) is 11.1 Å². The summed E-state index contributed by atoms with van der Waals surface area (Å²) in [5, 5.41) is 39.4. The number of ketones is 2. The average Bonchev–Trinajstić information content (AvgIpc) is 2.71. The second-order valence-electron chi connectivity index (χ2n) is 7.31. The lowest BCUT2D eigenvalue weighted by Gasteiger charge is -2.40. The van der Waals surface area contributed by atoms with Gasteiger partial charge in [-0.1, -0.05) is 35.9 Å². The van der Waals surface area contributed by atoms with Crippen LogP contribution in [-0.4, -0.2) is 69.3 Å². The highest BCUT2D eigenvalue weighted by molar-refractivity contribution is 6.26. The number of aliphatic hydroxyl groups is 4. The minimum absolute atomic E-state index is 0.104. The van der Waals surface area contributed by atoms with Gasteiger partial charge in [-0.2, -0.15) is 0 Å². The Hall–Kier alpha value is -2.36. The van der Waals surface area contributed by atoms with E-state index in [4.69, 9.17) is 9.47 Å². The second-order valence-corrected chi connectivity index (χ2v) is 7.31. The first-order chi connectivity index (χ1) is 13.8. The lowest BCUT2D eigenvalue weighted by atomic mass is 9.86. The number of ether oxygens (including phenoxy) is 2. The van der Waals surface area contributed by atoms with E-state index < -0.39 is 43.1 Å².